The van der Waals surface area contributed by atoms with E-state index in [1.165, 1.54) is 0 Å². The van der Waals surface area contributed by atoms with Crippen LogP contribution in [-0.2, 0) is 19.1 Å². The molecule has 0 radical (unpaired) electrons. The molecular formula is C6H11NO4S. The molecule has 1 aliphatic heterocycles. The van der Waals surface area contributed by atoms with Crippen molar-refractivity contribution >= 4 is 16.0 Å². The molecule has 1 aliphatic rings. The first kappa shape index (κ1) is 9.47. The van der Waals surface area contributed by atoms with Gasteiger partial charge in [-0.3, -0.25) is 8.98 Å². The third-order valence-corrected chi connectivity index (χ3v) is 2.14. The fourth-order valence-electron chi connectivity index (χ4n) is 1.00. The van der Waals surface area contributed by atoms with Crippen molar-refractivity contribution in [2.45, 2.75) is 6.42 Å². The van der Waals surface area contributed by atoms with Crippen molar-refractivity contribution in [3.05, 3.63) is 0 Å². The fourth-order valence-corrected chi connectivity index (χ4v) is 1.44. The zero-order valence-electron chi connectivity index (χ0n) is 6.74. The number of amides is 1. The summed E-state index contributed by atoms with van der Waals surface area (Å²) < 4.78 is 25.6. The van der Waals surface area contributed by atoms with E-state index in [4.69, 9.17) is 0 Å². The molecule has 1 rings (SSSR count). The molecule has 0 unspecified atom stereocenters. The number of hydrogen-bond donors (Lipinski definition) is 1. The number of nitrogens with one attached hydrogen (secondary N) is 1. The molecule has 0 spiro atoms. The largest absolute Gasteiger partial charge is 0.356 e. The second-order valence-corrected chi connectivity index (χ2v) is 4.51. The number of carbonyl (C=O) groups is 1. The summed E-state index contributed by atoms with van der Waals surface area (Å²) in [5.41, 5.74) is 0. The summed E-state index contributed by atoms with van der Waals surface area (Å²) >= 11 is 0. The van der Waals surface area contributed by atoms with Gasteiger partial charge in [0, 0.05) is 18.9 Å². The van der Waals surface area contributed by atoms with E-state index < -0.39 is 10.1 Å². The van der Waals surface area contributed by atoms with Crippen molar-refractivity contribution in [1.82, 2.24) is 5.32 Å². The van der Waals surface area contributed by atoms with Gasteiger partial charge in [-0.05, 0) is 0 Å². The zero-order chi connectivity index (χ0) is 9.19. The van der Waals surface area contributed by atoms with Crippen molar-refractivity contribution in [3.8, 4) is 0 Å². The summed E-state index contributed by atoms with van der Waals surface area (Å²) in [6.45, 7) is 0.603. The summed E-state index contributed by atoms with van der Waals surface area (Å²) in [6, 6.07) is 0. The van der Waals surface area contributed by atoms with E-state index in [2.05, 4.69) is 9.50 Å². The van der Waals surface area contributed by atoms with Gasteiger partial charge >= 0.3 is 0 Å². The van der Waals surface area contributed by atoms with Crippen molar-refractivity contribution in [2.24, 2.45) is 5.92 Å². The van der Waals surface area contributed by atoms with Gasteiger partial charge in [0.1, 0.15) is 0 Å². The van der Waals surface area contributed by atoms with Gasteiger partial charge in [0.05, 0.1) is 12.9 Å². The highest BCUT2D eigenvalue weighted by molar-refractivity contribution is 7.85. The monoisotopic (exact) mass is 193 g/mol. The first-order valence-electron chi connectivity index (χ1n) is 3.58. The van der Waals surface area contributed by atoms with Crippen LogP contribution in [0.4, 0.5) is 0 Å². The molecule has 1 N–H and O–H groups in total. The van der Waals surface area contributed by atoms with E-state index in [9.17, 15) is 13.2 Å². The van der Waals surface area contributed by atoms with Gasteiger partial charge in [-0.2, -0.15) is 8.42 Å². The molecule has 0 aromatic heterocycles. The van der Waals surface area contributed by atoms with Crippen LogP contribution >= 0.6 is 0 Å². The van der Waals surface area contributed by atoms with Gasteiger partial charge in [-0.15, -0.1) is 0 Å². The first-order chi connectivity index (χ1) is 5.47. The Morgan fingerprint density at radius 3 is 2.75 bits per heavy atom. The molecule has 0 aromatic carbocycles. The first-order valence-corrected chi connectivity index (χ1v) is 5.40. The highest BCUT2D eigenvalue weighted by Crippen LogP contribution is 2.09. The SMILES string of the molecule is CS(=O)(=O)OC[C@@H]1CNC(=O)C1. The summed E-state index contributed by atoms with van der Waals surface area (Å²) in [7, 11) is -3.37. The molecule has 6 heteroatoms. The van der Waals surface area contributed by atoms with Crippen LogP contribution in [0.3, 0.4) is 0 Å². The maximum atomic E-state index is 10.7. The van der Waals surface area contributed by atoms with Crippen molar-refractivity contribution in [2.75, 3.05) is 19.4 Å². The standard InChI is InChI=1S/C6H11NO4S/c1-12(9,10)11-4-5-2-6(8)7-3-5/h5H,2-4H2,1H3,(H,7,8)/t5-/m0/s1. The number of carbonyl (C=O) groups excluding carboxylic acids is 1. The van der Waals surface area contributed by atoms with Gasteiger partial charge in [0.15, 0.2) is 0 Å². The molecule has 1 saturated heterocycles. The van der Waals surface area contributed by atoms with Crippen molar-refractivity contribution < 1.29 is 17.4 Å². The van der Waals surface area contributed by atoms with Gasteiger partial charge < -0.3 is 5.32 Å². The van der Waals surface area contributed by atoms with E-state index in [1.807, 2.05) is 0 Å². The Balaban J connectivity index is 2.30. The minimum atomic E-state index is -3.37. The molecule has 12 heavy (non-hydrogen) atoms. The Bertz CT molecular complexity index is 271. The molecule has 0 bridgehead atoms. The Morgan fingerprint density at radius 2 is 2.33 bits per heavy atom. The molecule has 0 aromatic rings. The topological polar surface area (TPSA) is 72.5 Å². The zero-order valence-corrected chi connectivity index (χ0v) is 7.56. The molecule has 1 fully saturated rings. The molecule has 5 nitrogen and oxygen atoms in total. The second-order valence-electron chi connectivity index (χ2n) is 2.86. The predicted octanol–water partition coefficient (Wildman–Crippen LogP) is -0.901. The average Bonchev–Trinajstić information content (AvgIpc) is 2.30. The fraction of sp³-hybridized carbons (Fsp3) is 0.833. The molecule has 0 aliphatic carbocycles. The summed E-state index contributed by atoms with van der Waals surface area (Å²) in [5, 5.41) is 2.59. The van der Waals surface area contributed by atoms with Crippen LogP contribution in [0.1, 0.15) is 6.42 Å². The lowest BCUT2D eigenvalue weighted by Crippen LogP contribution is -2.17. The van der Waals surface area contributed by atoms with Crippen LogP contribution in [0.15, 0.2) is 0 Å². The van der Waals surface area contributed by atoms with Gasteiger partial charge in [0.25, 0.3) is 10.1 Å². The quantitative estimate of drug-likeness (QED) is 0.589. The third kappa shape index (κ3) is 3.19. The molecule has 1 heterocycles. The lowest BCUT2D eigenvalue weighted by Gasteiger charge is -2.05. The Labute approximate surface area is 71.2 Å². The minimum Gasteiger partial charge on any atom is -0.356 e. The van der Waals surface area contributed by atoms with Gasteiger partial charge in [-0.25, -0.2) is 0 Å². The Morgan fingerprint density at radius 1 is 1.67 bits per heavy atom. The molecular weight excluding hydrogens is 182 g/mol. The highest BCUT2D eigenvalue weighted by atomic mass is 32.2. The molecule has 0 saturated carbocycles. The summed E-state index contributed by atoms with van der Waals surface area (Å²) in [4.78, 5) is 10.7. The van der Waals surface area contributed by atoms with Gasteiger partial charge in [-0.1, -0.05) is 0 Å². The molecule has 70 valence electrons. The smallest absolute Gasteiger partial charge is 0.264 e. The average molecular weight is 193 g/mol. The number of rotatable bonds is 3. The maximum Gasteiger partial charge on any atom is 0.264 e. The van der Waals surface area contributed by atoms with Crippen LogP contribution in [0.5, 0.6) is 0 Å². The van der Waals surface area contributed by atoms with Crippen molar-refractivity contribution in [3.63, 3.8) is 0 Å². The number of hydrogen-bond acceptors (Lipinski definition) is 4. The van der Waals surface area contributed by atoms with Crippen LogP contribution in [-0.4, -0.2) is 33.7 Å². The van der Waals surface area contributed by atoms with E-state index in [0.717, 1.165) is 6.26 Å². The Hall–Kier alpha value is -0.620. The van der Waals surface area contributed by atoms with Crippen molar-refractivity contribution in [1.29, 1.82) is 0 Å². The van der Waals surface area contributed by atoms with Crippen LogP contribution < -0.4 is 5.32 Å². The van der Waals surface area contributed by atoms with E-state index in [-0.39, 0.29) is 18.4 Å². The lowest BCUT2D eigenvalue weighted by atomic mass is 10.1. The molecule has 1 amide bonds. The normalized spacial score (nSPS) is 24.1. The highest BCUT2D eigenvalue weighted by Gasteiger charge is 2.22. The van der Waals surface area contributed by atoms with Crippen LogP contribution in [0.25, 0.3) is 0 Å². The van der Waals surface area contributed by atoms with E-state index >= 15 is 0 Å². The van der Waals surface area contributed by atoms with E-state index in [1.54, 1.807) is 0 Å². The maximum absolute atomic E-state index is 10.7. The van der Waals surface area contributed by atoms with Gasteiger partial charge in [0.2, 0.25) is 5.91 Å². The second kappa shape index (κ2) is 3.40. The predicted molar refractivity (Wildman–Crippen MR) is 41.9 cm³/mol. The minimum absolute atomic E-state index is 0.00720. The summed E-state index contributed by atoms with van der Waals surface area (Å²) in [5.74, 6) is -0.0515. The summed E-state index contributed by atoms with van der Waals surface area (Å²) in [6.07, 6.45) is 1.35. The third-order valence-electron chi connectivity index (χ3n) is 1.58. The molecule has 1 atom stereocenters. The van der Waals surface area contributed by atoms with E-state index in [0.29, 0.717) is 13.0 Å². The van der Waals surface area contributed by atoms with Crippen LogP contribution in [0, 0.1) is 5.92 Å². The lowest BCUT2D eigenvalue weighted by molar-refractivity contribution is -0.119. The van der Waals surface area contributed by atoms with Crippen LogP contribution in [0.2, 0.25) is 0 Å². The Kier molecular flexibility index (Phi) is 2.69.